The Bertz CT molecular complexity index is 195. The molecule has 0 atom stereocenters. The van der Waals surface area contributed by atoms with Gasteiger partial charge in [0.25, 0.3) is 0 Å². The summed E-state index contributed by atoms with van der Waals surface area (Å²) in [4.78, 5) is 0. The summed E-state index contributed by atoms with van der Waals surface area (Å²) in [6.07, 6.45) is 1.22. The number of hydrogen-bond donors (Lipinski definition) is 0. The van der Waals surface area contributed by atoms with Crippen LogP contribution in [0.3, 0.4) is 0 Å². The molecule has 0 spiro atoms. The van der Waals surface area contributed by atoms with Gasteiger partial charge in [-0.2, -0.15) is 13.9 Å². The average Bonchev–Trinajstić information content (AvgIpc) is 2.13. The van der Waals surface area contributed by atoms with Gasteiger partial charge in [-0.05, 0) is 6.92 Å². The summed E-state index contributed by atoms with van der Waals surface area (Å²) in [6, 6.07) is 2.52. The van der Waals surface area contributed by atoms with Crippen LogP contribution in [-0.4, -0.2) is 9.78 Å². The van der Waals surface area contributed by atoms with Gasteiger partial charge in [-0.15, -0.1) is 0 Å². The number of halogens is 2. The zero-order valence-electron chi connectivity index (χ0n) is 4.81. The van der Waals surface area contributed by atoms with Crippen LogP contribution in [0.5, 0.6) is 0 Å². The second-order valence-electron chi connectivity index (χ2n) is 1.60. The van der Waals surface area contributed by atoms with Gasteiger partial charge in [0.15, 0.2) is 0 Å². The van der Waals surface area contributed by atoms with E-state index >= 15 is 0 Å². The predicted molar refractivity (Wildman–Crippen MR) is 27.1 cm³/mol. The second-order valence-corrected chi connectivity index (χ2v) is 1.60. The van der Waals surface area contributed by atoms with Crippen LogP contribution in [0.4, 0.5) is 8.78 Å². The fourth-order valence-corrected chi connectivity index (χ4v) is 0.534. The van der Waals surface area contributed by atoms with Gasteiger partial charge >= 0.3 is 6.55 Å². The molecule has 0 bridgehead atoms. The molecule has 1 aromatic heterocycles. The molecule has 0 saturated heterocycles. The number of hydrogen-bond acceptors (Lipinski definition) is 1. The quantitative estimate of drug-likeness (QED) is 0.563. The van der Waals surface area contributed by atoms with E-state index in [2.05, 4.69) is 11.2 Å². The van der Waals surface area contributed by atoms with E-state index in [4.69, 9.17) is 0 Å². The molecule has 4 heteroatoms. The fraction of sp³-hybridized carbons (Fsp3) is 0.400. The van der Waals surface area contributed by atoms with E-state index in [9.17, 15) is 8.78 Å². The van der Waals surface area contributed by atoms with Crippen LogP contribution >= 0.6 is 0 Å². The fourth-order valence-electron chi connectivity index (χ4n) is 0.534. The lowest BCUT2D eigenvalue weighted by atomic mass is 10.5. The van der Waals surface area contributed by atoms with Gasteiger partial charge in [0, 0.05) is 11.8 Å². The van der Waals surface area contributed by atoms with E-state index in [-0.39, 0.29) is 0 Å². The largest absolute Gasteiger partial charge is 0.333 e. The molecule has 0 aliphatic rings. The molecular weight excluding hydrogens is 126 g/mol. The van der Waals surface area contributed by atoms with Crippen LogP contribution in [-0.2, 0) is 0 Å². The Morgan fingerprint density at radius 2 is 2.44 bits per heavy atom. The first-order valence-electron chi connectivity index (χ1n) is 2.42. The monoisotopic (exact) mass is 131 g/mol. The molecule has 0 aromatic carbocycles. The van der Waals surface area contributed by atoms with Crippen molar-refractivity contribution in [2.45, 2.75) is 13.5 Å². The summed E-state index contributed by atoms with van der Waals surface area (Å²) >= 11 is 0. The van der Waals surface area contributed by atoms with Gasteiger partial charge in [-0.1, -0.05) is 0 Å². The lowest BCUT2D eigenvalue weighted by Crippen LogP contribution is -2.01. The summed E-state index contributed by atoms with van der Waals surface area (Å²) in [5, 5.41) is 3.33. The van der Waals surface area contributed by atoms with Crippen molar-refractivity contribution in [3.8, 4) is 0 Å². The molecule has 0 unspecified atom stereocenters. The van der Waals surface area contributed by atoms with Crippen LogP contribution < -0.4 is 0 Å². The molecule has 49 valence electrons. The van der Waals surface area contributed by atoms with E-state index in [0.717, 1.165) is 0 Å². The molecule has 1 radical (unpaired) electrons. The Balaban J connectivity index is 2.94. The lowest BCUT2D eigenvalue weighted by Gasteiger charge is -1.98. The summed E-state index contributed by atoms with van der Waals surface area (Å²) in [5.74, 6) is 0. The highest BCUT2D eigenvalue weighted by molar-refractivity contribution is 4.93. The smallest absolute Gasteiger partial charge is 0.208 e. The summed E-state index contributed by atoms with van der Waals surface area (Å²) in [5.41, 5.74) is 0.352. The zero-order valence-corrected chi connectivity index (χ0v) is 4.81. The minimum atomic E-state index is -2.55. The molecule has 1 rings (SSSR count). The average molecular weight is 131 g/mol. The van der Waals surface area contributed by atoms with Crippen molar-refractivity contribution in [3.05, 3.63) is 18.0 Å². The zero-order chi connectivity index (χ0) is 6.85. The maximum Gasteiger partial charge on any atom is 0.333 e. The Labute approximate surface area is 51.1 Å². The minimum Gasteiger partial charge on any atom is -0.208 e. The normalized spacial score (nSPS) is 10.7. The molecule has 0 fully saturated rings. The third-order valence-electron chi connectivity index (χ3n) is 0.984. The van der Waals surface area contributed by atoms with Crippen LogP contribution in [0.2, 0.25) is 0 Å². The molecule has 0 aliphatic carbocycles. The second kappa shape index (κ2) is 2.13. The van der Waals surface area contributed by atoms with Crippen LogP contribution in [0.15, 0.2) is 6.20 Å². The number of nitrogens with zero attached hydrogens (tertiary/aromatic N) is 2. The third-order valence-corrected chi connectivity index (χ3v) is 0.984. The van der Waals surface area contributed by atoms with E-state index < -0.39 is 6.55 Å². The summed E-state index contributed by atoms with van der Waals surface area (Å²) < 4.78 is 24.1. The molecule has 0 saturated carbocycles. The molecule has 2 nitrogen and oxygen atoms in total. The number of rotatable bonds is 1. The van der Waals surface area contributed by atoms with Gasteiger partial charge in [0.2, 0.25) is 0 Å². The van der Waals surface area contributed by atoms with Gasteiger partial charge in [0.1, 0.15) is 0 Å². The Kier molecular flexibility index (Phi) is 1.46. The third kappa shape index (κ3) is 1.06. The highest BCUT2D eigenvalue weighted by Gasteiger charge is 2.06. The van der Waals surface area contributed by atoms with E-state index in [1.807, 2.05) is 0 Å². The van der Waals surface area contributed by atoms with E-state index in [1.165, 1.54) is 13.1 Å². The van der Waals surface area contributed by atoms with Crippen molar-refractivity contribution < 1.29 is 8.78 Å². The number of alkyl halides is 2. The van der Waals surface area contributed by atoms with Crippen LogP contribution in [0.25, 0.3) is 0 Å². The number of aryl methyl sites for hydroxylation is 1. The van der Waals surface area contributed by atoms with Crippen molar-refractivity contribution in [2.24, 2.45) is 0 Å². The standard InChI is InChI=1S/C5H5F2N2/c1-4-2-3-8-9(4)5(6)7/h3,5H,1H3. The Morgan fingerprint density at radius 3 is 2.67 bits per heavy atom. The van der Waals surface area contributed by atoms with Crippen LogP contribution in [0, 0.1) is 13.0 Å². The highest BCUT2D eigenvalue weighted by Crippen LogP contribution is 2.09. The SMILES string of the molecule is Cc1[c]cnn1C(F)F. The lowest BCUT2D eigenvalue weighted by molar-refractivity contribution is 0.0544. The van der Waals surface area contributed by atoms with Crippen molar-refractivity contribution in [1.29, 1.82) is 0 Å². The molecule has 0 aliphatic heterocycles. The van der Waals surface area contributed by atoms with Crippen molar-refractivity contribution in [2.75, 3.05) is 0 Å². The molecule has 0 amide bonds. The first-order valence-corrected chi connectivity index (χ1v) is 2.42. The van der Waals surface area contributed by atoms with Gasteiger partial charge in [-0.3, -0.25) is 0 Å². The molecule has 9 heavy (non-hydrogen) atoms. The molecule has 1 aromatic rings. The molecular formula is C5H5F2N2. The van der Waals surface area contributed by atoms with Gasteiger partial charge in [-0.25, -0.2) is 4.68 Å². The Hall–Kier alpha value is -0.930. The topological polar surface area (TPSA) is 17.8 Å². The first-order chi connectivity index (χ1) is 4.22. The van der Waals surface area contributed by atoms with E-state index in [0.29, 0.717) is 10.4 Å². The van der Waals surface area contributed by atoms with Gasteiger partial charge in [0.05, 0.1) is 6.20 Å². The molecule has 0 N–H and O–H groups in total. The molecule has 1 heterocycles. The summed E-state index contributed by atoms with van der Waals surface area (Å²) in [7, 11) is 0. The van der Waals surface area contributed by atoms with Gasteiger partial charge < -0.3 is 0 Å². The predicted octanol–water partition coefficient (Wildman–Crippen LogP) is 1.39. The van der Waals surface area contributed by atoms with Crippen molar-refractivity contribution >= 4 is 0 Å². The van der Waals surface area contributed by atoms with Crippen LogP contribution in [0.1, 0.15) is 12.2 Å². The highest BCUT2D eigenvalue weighted by atomic mass is 19.3. The minimum absolute atomic E-state index is 0.352. The maximum absolute atomic E-state index is 11.7. The number of aromatic nitrogens is 2. The van der Waals surface area contributed by atoms with E-state index in [1.54, 1.807) is 0 Å². The van der Waals surface area contributed by atoms with Crippen molar-refractivity contribution in [1.82, 2.24) is 9.78 Å². The van der Waals surface area contributed by atoms with Crippen molar-refractivity contribution in [3.63, 3.8) is 0 Å². The maximum atomic E-state index is 11.7. The summed E-state index contributed by atoms with van der Waals surface area (Å²) in [6.45, 7) is -1.02. The Morgan fingerprint density at radius 1 is 1.78 bits per heavy atom. The first kappa shape index (κ1) is 6.19.